The second-order valence-corrected chi connectivity index (χ2v) is 9.13. The van der Waals surface area contributed by atoms with Gasteiger partial charge in [0.15, 0.2) is 10.7 Å². The van der Waals surface area contributed by atoms with E-state index in [-0.39, 0.29) is 16.4 Å². The van der Waals surface area contributed by atoms with Crippen molar-refractivity contribution < 1.29 is 18.9 Å². The standard InChI is InChI=1S/C27H25N5O5S/c1-2-17-6-9-24-21(14-17)29-26(37-24)19-4-3-5-20(15-19)28-27(38)30-25(33)18-7-8-22(23(16-18)32(34)35)31-10-12-36-13-11-31/h3-9,14-16H,2,10-13H2,1H3,(H2,28,30,33,38). The third-order valence-corrected chi connectivity index (χ3v) is 6.44. The average Bonchev–Trinajstić information content (AvgIpc) is 3.37. The zero-order chi connectivity index (χ0) is 26.6. The zero-order valence-corrected chi connectivity index (χ0v) is 21.4. The number of rotatable bonds is 6. The van der Waals surface area contributed by atoms with Gasteiger partial charge < -0.3 is 19.4 Å². The number of hydrogen-bond donors (Lipinski definition) is 2. The SMILES string of the molecule is CCc1ccc2oc(-c3cccc(NC(=S)NC(=O)c4ccc(N5CCOCC5)c([N+](=O)[O-])c4)c3)nc2c1. The molecule has 1 amide bonds. The number of aryl methyl sites for hydroxylation is 1. The van der Waals surface area contributed by atoms with Gasteiger partial charge in [-0.05, 0) is 66.7 Å². The highest BCUT2D eigenvalue weighted by molar-refractivity contribution is 7.80. The molecule has 1 aliphatic rings. The highest BCUT2D eigenvalue weighted by Gasteiger charge is 2.23. The maximum absolute atomic E-state index is 12.8. The fourth-order valence-electron chi connectivity index (χ4n) is 4.27. The lowest BCUT2D eigenvalue weighted by molar-refractivity contribution is -0.384. The molecule has 1 saturated heterocycles. The number of carbonyl (C=O) groups excluding carboxylic acids is 1. The lowest BCUT2D eigenvalue weighted by Gasteiger charge is -2.28. The molecular formula is C27H25N5O5S. The summed E-state index contributed by atoms with van der Waals surface area (Å²) in [5.74, 6) is -0.0829. The Balaban J connectivity index is 1.28. The van der Waals surface area contributed by atoms with Crippen LogP contribution in [0.3, 0.4) is 0 Å². The van der Waals surface area contributed by atoms with E-state index in [0.717, 1.165) is 17.5 Å². The van der Waals surface area contributed by atoms with Gasteiger partial charge >= 0.3 is 0 Å². The molecule has 3 aromatic carbocycles. The topological polar surface area (TPSA) is 123 Å². The van der Waals surface area contributed by atoms with E-state index in [2.05, 4.69) is 22.5 Å². The number of nitrogens with zero attached hydrogens (tertiary/aromatic N) is 3. The fourth-order valence-corrected chi connectivity index (χ4v) is 4.48. The van der Waals surface area contributed by atoms with Gasteiger partial charge in [-0.3, -0.25) is 20.2 Å². The molecule has 2 heterocycles. The van der Waals surface area contributed by atoms with Crippen molar-refractivity contribution in [2.45, 2.75) is 13.3 Å². The van der Waals surface area contributed by atoms with Crippen LogP contribution in [0.4, 0.5) is 17.1 Å². The van der Waals surface area contributed by atoms with Gasteiger partial charge in [0.2, 0.25) is 5.89 Å². The number of anilines is 2. The molecule has 1 aliphatic heterocycles. The number of fused-ring (bicyclic) bond motifs is 1. The molecule has 0 bridgehead atoms. The first-order chi connectivity index (χ1) is 18.4. The Labute approximate surface area is 223 Å². The predicted molar refractivity (Wildman–Crippen MR) is 149 cm³/mol. The number of nitro groups is 1. The van der Waals surface area contributed by atoms with Crippen LogP contribution in [0.5, 0.6) is 0 Å². The number of ether oxygens (including phenoxy) is 1. The number of nitrogens with one attached hydrogen (secondary N) is 2. The van der Waals surface area contributed by atoms with Crippen LogP contribution in [-0.4, -0.2) is 47.2 Å². The Kier molecular flexibility index (Phi) is 7.29. The first-order valence-electron chi connectivity index (χ1n) is 12.1. The minimum absolute atomic E-state index is 0.0530. The summed E-state index contributed by atoms with van der Waals surface area (Å²) >= 11 is 5.33. The number of thiocarbonyl (C=S) groups is 1. The normalized spacial score (nSPS) is 13.3. The summed E-state index contributed by atoms with van der Waals surface area (Å²) in [4.78, 5) is 30.5. The van der Waals surface area contributed by atoms with Gasteiger partial charge in [0.25, 0.3) is 11.6 Å². The number of aromatic nitrogens is 1. The van der Waals surface area contributed by atoms with Crippen LogP contribution in [0.2, 0.25) is 0 Å². The molecule has 4 aromatic rings. The van der Waals surface area contributed by atoms with Crippen molar-refractivity contribution in [2.24, 2.45) is 0 Å². The molecule has 0 spiro atoms. The smallest absolute Gasteiger partial charge is 0.293 e. The minimum atomic E-state index is -0.555. The monoisotopic (exact) mass is 531 g/mol. The van der Waals surface area contributed by atoms with E-state index < -0.39 is 10.8 Å². The lowest BCUT2D eigenvalue weighted by Crippen LogP contribution is -2.37. The van der Waals surface area contributed by atoms with E-state index >= 15 is 0 Å². The van der Waals surface area contributed by atoms with E-state index in [0.29, 0.717) is 49.2 Å². The molecule has 5 rings (SSSR count). The summed E-state index contributed by atoms with van der Waals surface area (Å²) in [5, 5.41) is 17.3. The molecular weight excluding hydrogens is 506 g/mol. The molecule has 0 saturated carbocycles. The summed E-state index contributed by atoms with van der Waals surface area (Å²) in [6, 6.07) is 17.6. The van der Waals surface area contributed by atoms with Crippen LogP contribution in [-0.2, 0) is 11.2 Å². The quantitative estimate of drug-likeness (QED) is 0.203. The van der Waals surface area contributed by atoms with Crippen molar-refractivity contribution in [1.82, 2.24) is 10.3 Å². The molecule has 1 aromatic heterocycles. The van der Waals surface area contributed by atoms with Crippen molar-refractivity contribution in [2.75, 3.05) is 36.5 Å². The van der Waals surface area contributed by atoms with Crippen molar-refractivity contribution >= 4 is 51.4 Å². The molecule has 0 unspecified atom stereocenters. The third kappa shape index (κ3) is 5.48. The fraction of sp³-hybridized carbons (Fsp3) is 0.222. The molecule has 10 nitrogen and oxygen atoms in total. The van der Waals surface area contributed by atoms with Crippen LogP contribution in [0, 0.1) is 10.1 Å². The Hall–Kier alpha value is -4.35. The molecule has 11 heteroatoms. The van der Waals surface area contributed by atoms with Gasteiger partial charge in [-0.15, -0.1) is 0 Å². The van der Waals surface area contributed by atoms with E-state index in [1.54, 1.807) is 18.2 Å². The second-order valence-electron chi connectivity index (χ2n) is 8.72. The Morgan fingerprint density at radius 3 is 2.71 bits per heavy atom. The first kappa shape index (κ1) is 25.3. The maximum Gasteiger partial charge on any atom is 0.293 e. The third-order valence-electron chi connectivity index (χ3n) is 6.24. The molecule has 38 heavy (non-hydrogen) atoms. The van der Waals surface area contributed by atoms with E-state index in [4.69, 9.17) is 21.4 Å². The number of amides is 1. The summed E-state index contributed by atoms with van der Waals surface area (Å²) in [6.45, 7) is 4.16. The van der Waals surface area contributed by atoms with Crippen LogP contribution < -0.4 is 15.5 Å². The summed E-state index contributed by atoms with van der Waals surface area (Å²) < 4.78 is 11.2. The van der Waals surface area contributed by atoms with E-state index in [1.165, 1.54) is 11.6 Å². The molecule has 194 valence electrons. The predicted octanol–water partition coefficient (Wildman–Crippen LogP) is 4.93. The van der Waals surface area contributed by atoms with Crippen LogP contribution >= 0.6 is 12.2 Å². The summed E-state index contributed by atoms with van der Waals surface area (Å²) in [5.41, 5.74) is 4.47. The lowest BCUT2D eigenvalue weighted by atomic mass is 10.1. The first-order valence-corrected chi connectivity index (χ1v) is 12.6. The number of nitro benzene ring substituents is 1. The Bertz CT molecular complexity index is 1530. The number of oxazole rings is 1. The van der Waals surface area contributed by atoms with Crippen LogP contribution in [0.15, 0.2) is 65.1 Å². The number of morpholine rings is 1. The second kappa shape index (κ2) is 11.0. The number of carbonyl (C=O) groups is 1. The van der Waals surface area contributed by atoms with Gasteiger partial charge in [0.1, 0.15) is 11.2 Å². The van der Waals surface area contributed by atoms with Crippen LogP contribution in [0.1, 0.15) is 22.8 Å². The highest BCUT2D eigenvalue weighted by atomic mass is 32.1. The van der Waals surface area contributed by atoms with Gasteiger partial charge in [-0.1, -0.05) is 19.1 Å². The Morgan fingerprint density at radius 1 is 1.13 bits per heavy atom. The van der Waals surface area contributed by atoms with Crippen molar-refractivity contribution in [3.05, 3.63) is 81.9 Å². The summed E-state index contributed by atoms with van der Waals surface area (Å²) in [6.07, 6.45) is 0.909. The summed E-state index contributed by atoms with van der Waals surface area (Å²) in [7, 11) is 0. The highest BCUT2D eigenvalue weighted by Crippen LogP contribution is 2.30. The van der Waals surface area contributed by atoms with Crippen molar-refractivity contribution in [3.63, 3.8) is 0 Å². The van der Waals surface area contributed by atoms with Crippen molar-refractivity contribution in [1.29, 1.82) is 0 Å². The zero-order valence-electron chi connectivity index (χ0n) is 20.6. The molecule has 0 aliphatic carbocycles. The molecule has 0 atom stereocenters. The number of benzene rings is 3. The van der Waals surface area contributed by atoms with Gasteiger partial charge in [0.05, 0.1) is 18.1 Å². The van der Waals surface area contributed by atoms with Crippen molar-refractivity contribution in [3.8, 4) is 11.5 Å². The Morgan fingerprint density at radius 2 is 1.95 bits per heavy atom. The molecule has 1 fully saturated rings. The van der Waals surface area contributed by atoms with E-state index in [1.807, 2.05) is 41.3 Å². The largest absolute Gasteiger partial charge is 0.436 e. The molecule has 0 radical (unpaired) electrons. The minimum Gasteiger partial charge on any atom is -0.436 e. The van der Waals surface area contributed by atoms with E-state index in [9.17, 15) is 14.9 Å². The molecule has 2 N–H and O–H groups in total. The maximum atomic E-state index is 12.8. The van der Waals surface area contributed by atoms with Gasteiger partial charge in [-0.2, -0.15) is 0 Å². The number of hydrogen-bond acceptors (Lipinski definition) is 8. The van der Waals surface area contributed by atoms with Gasteiger partial charge in [0, 0.05) is 36.0 Å². The van der Waals surface area contributed by atoms with Crippen LogP contribution in [0.25, 0.3) is 22.6 Å². The average molecular weight is 532 g/mol. The van der Waals surface area contributed by atoms with Gasteiger partial charge in [-0.25, -0.2) is 4.98 Å².